The molecule has 122 valence electrons. The lowest BCUT2D eigenvalue weighted by molar-refractivity contribution is -0.177. The van der Waals surface area contributed by atoms with E-state index in [9.17, 15) is 9.59 Å². The molecule has 0 aliphatic carbocycles. The van der Waals surface area contributed by atoms with Crippen LogP contribution >= 0.6 is 0 Å². The standard InChI is InChI=1S/C15H28N2O4/c1-7-11-8-9-17(14(19)21-15(2,3)4)10-12(11)13(18)16(5)20-6/h11-12H,7-10H2,1-6H3. The number of carbonyl (C=O) groups excluding carboxylic acids is 2. The Morgan fingerprint density at radius 1 is 1.33 bits per heavy atom. The molecule has 6 nitrogen and oxygen atoms in total. The van der Waals surface area contributed by atoms with Gasteiger partial charge in [0.2, 0.25) is 0 Å². The summed E-state index contributed by atoms with van der Waals surface area (Å²) in [6.45, 7) is 8.61. The Hall–Kier alpha value is -1.30. The molecule has 0 aromatic rings. The van der Waals surface area contributed by atoms with Gasteiger partial charge in [0.25, 0.3) is 5.91 Å². The van der Waals surface area contributed by atoms with E-state index >= 15 is 0 Å². The van der Waals surface area contributed by atoms with Crippen molar-refractivity contribution in [2.45, 2.75) is 46.1 Å². The average molecular weight is 300 g/mol. The van der Waals surface area contributed by atoms with E-state index in [0.29, 0.717) is 13.1 Å². The molecule has 0 radical (unpaired) electrons. The molecule has 0 saturated carbocycles. The lowest BCUT2D eigenvalue weighted by Crippen LogP contribution is -2.50. The summed E-state index contributed by atoms with van der Waals surface area (Å²) in [6.07, 6.45) is 1.37. The second kappa shape index (κ2) is 7.11. The summed E-state index contributed by atoms with van der Waals surface area (Å²) in [5.41, 5.74) is -0.526. The van der Waals surface area contributed by atoms with Gasteiger partial charge in [0.15, 0.2) is 0 Å². The van der Waals surface area contributed by atoms with E-state index < -0.39 is 5.60 Å². The predicted octanol–water partition coefficient (Wildman–Crippen LogP) is 2.29. The van der Waals surface area contributed by atoms with Crippen LogP contribution in [0.2, 0.25) is 0 Å². The van der Waals surface area contributed by atoms with E-state index in [4.69, 9.17) is 9.57 Å². The highest BCUT2D eigenvalue weighted by Crippen LogP contribution is 2.28. The second-order valence-corrected chi connectivity index (χ2v) is 6.51. The Balaban J connectivity index is 2.77. The minimum Gasteiger partial charge on any atom is -0.444 e. The van der Waals surface area contributed by atoms with Crippen LogP contribution < -0.4 is 0 Å². The van der Waals surface area contributed by atoms with E-state index in [1.165, 1.54) is 12.2 Å². The first kappa shape index (κ1) is 17.8. The topological polar surface area (TPSA) is 59.1 Å². The van der Waals surface area contributed by atoms with Crippen molar-refractivity contribution >= 4 is 12.0 Å². The van der Waals surface area contributed by atoms with Crippen LogP contribution in [0, 0.1) is 11.8 Å². The summed E-state index contributed by atoms with van der Waals surface area (Å²) in [7, 11) is 3.06. The smallest absolute Gasteiger partial charge is 0.410 e. The Morgan fingerprint density at radius 3 is 2.43 bits per heavy atom. The first-order valence-corrected chi connectivity index (χ1v) is 7.49. The van der Waals surface area contributed by atoms with Gasteiger partial charge in [0.05, 0.1) is 13.0 Å². The van der Waals surface area contributed by atoms with E-state index in [1.54, 1.807) is 11.9 Å². The third-order valence-electron chi connectivity index (χ3n) is 3.83. The Bertz CT molecular complexity index is 378. The molecule has 1 saturated heterocycles. The molecule has 1 heterocycles. The molecule has 0 aromatic carbocycles. The summed E-state index contributed by atoms with van der Waals surface area (Å²) in [6, 6.07) is 0. The molecule has 6 heteroatoms. The van der Waals surface area contributed by atoms with Gasteiger partial charge in [0, 0.05) is 20.1 Å². The largest absolute Gasteiger partial charge is 0.444 e. The molecular weight excluding hydrogens is 272 g/mol. The van der Waals surface area contributed by atoms with Gasteiger partial charge >= 0.3 is 6.09 Å². The summed E-state index contributed by atoms with van der Waals surface area (Å²) in [4.78, 5) is 31.1. The Kier molecular flexibility index (Phi) is 6.01. The fourth-order valence-electron chi connectivity index (χ4n) is 2.58. The van der Waals surface area contributed by atoms with Gasteiger partial charge in [-0.15, -0.1) is 0 Å². The SMILES string of the molecule is CCC1CCN(C(=O)OC(C)(C)C)CC1C(=O)N(C)OC. The van der Waals surface area contributed by atoms with Gasteiger partial charge in [0.1, 0.15) is 5.60 Å². The molecule has 2 atom stereocenters. The summed E-state index contributed by atoms with van der Waals surface area (Å²) < 4.78 is 5.39. The highest BCUT2D eigenvalue weighted by molar-refractivity contribution is 5.79. The van der Waals surface area contributed by atoms with Gasteiger partial charge in [-0.2, -0.15) is 0 Å². The number of hydroxylamine groups is 2. The van der Waals surface area contributed by atoms with Crippen LogP contribution in [0.1, 0.15) is 40.5 Å². The molecular formula is C15H28N2O4. The molecule has 1 aliphatic rings. The van der Waals surface area contributed by atoms with Gasteiger partial charge in [-0.3, -0.25) is 9.63 Å². The quantitative estimate of drug-likeness (QED) is 0.750. The number of piperidine rings is 1. The van der Waals surface area contributed by atoms with Crippen LogP contribution in [-0.2, 0) is 14.4 Å². The first-order valence-electron chi connectivity index (χ1n) is 7.49. The monoisotopic (exact) mass is 300 g/mol. The maximum atomic E-state index is 12.4. The van der Waals surface area contributed by atoms with Crippen molar-refractivity contribution in [1.82, 2.24) is 9.96 Å². The third-order valence-corrected chi connectivity index (χ3v) is 3.83. The van der Waals surface area contributed by atoms with Gasteiger partial charge in [-0.05, 0) is 33.1 Å². The number of carbonyl (C=O) groups is 2. The zero-order valence-electron chi connectivity index (χ0n) is 14.0. The summed E-state index contributed by atoms with van der Waals surface area (Å²) in [5.74, 6) is -0.0485. The van der Waals surface area contributed by atoms with Gasteiger partial charge < -0.3 is 9.64 Å². The van der Waals surface area contributed by atoms with Crippen molar-refractivity contribution in [2.24, 2.45) is 11.8 Å². The number of nitrogens with zero attached hydrogens (tertiary/aromatic N) is 2. The van der Waals surface area contributed by atoms with E-state index in [0.717, 1.165) is 12.8 Å². The maximum Gasteiger partial charge on any atom is 0.410 e. The average Bonchev–Trinajstić information content (AvgIpc) is 2.43. The van der Waals surface area contributed by atoms with Crippen molar-refractivity contribution in [2.75, 3.05) is 27.2 Å². The minimum absolute atomic E-state index is 0.0855. The summed E-state index contributed by atoms with van der Waals surface area (Å²) >= 11 is 0. The van der Waals surface area contributed by atoms with Gasteiger partial charge in [-0.25, -0.2) is 9.86 Å². The third kappa shape index (κ3) is 4.88. The molecule has 21 heavy (non-hydrogen) atoms. The van der Waals surface area contributed by atoms with Gasteiger partial charge in [-0.1, -0.05) is 13.3 Å². The van der Waals surface area contributed by atoms with Crippen LogP contribution in [0.25, 0.3) is 0 Å². The number of amides is 2. The molecule has 1 rings (SSSR count). The fourth-order valence-corrected chi connectivity index (χ4v) is 2.58. The minimum atomic E-state index is -0.526. The number of likely N-dealkylation sites (tertiary alicyclic amines) is 1. The zero-order valence-corrected chi connectivity index (χ0v) is 14.0. The van der Waals surface area contributed by atoms with Crippen LogP contribution in [-0.4, -0.2) is 54.8 Å². The van der Waals surface area contributed by atoms with E-state index in [2.05, 4.69) is 6.92 Å². The van der Waals surface area contributed by atoms with Crippen LogP contribution in [0.4, 0.5) is 4.79 Å². The molecule has 2 amide bonds. The second-order valence-electron chi connectivity index (χ2n) is 6.51. The summed E-state index contributed by atoms with van der Waals surface area (Å²) in [5, 5.41) is 1.24. The molecule has 0 aromatic heterocycles. The highest BCUT2D eigenvalue weighted by atomic mass is 16.7. The molecule has 1 fully saturated rings. The molecule has 0 spiro atoms. The molecule has 2 unspecified atom stereocenters. The Morgan fingerprint density at radius 2 is 1.95 bits per heavy atom. The van der Waals surface area contributed by atoms with Crippen LogP contribution in [0.3, 0.4) is 0 Å². The van der Waals surface area contributed by atoms with Crippen molar-refractivity contribution < 1.29 is 19.2 Å². The Labute approximate surface area is 127 Å². The molecule has 1 aliphatic heterocycles. The number of hydrogen-bond donors (Lipinski definition) is 0. The van der Waals surface area contributed by atoms with Crippen molar-refractivity contribution in [1.29, 1.82) is 0 Å². The number of rotatable bonds is 3. The van der Waals surface area contributed by atoms with Crippen molar-refractivity contribution in [3.05, 3.63) is 0 Å². The van der Waals surface area contributed by atoms with E-state index in [1.807, 2.05) is 20.8 Å². The van der Waals surface area contributed by atoms with E-state index in [-0.39, 0.29) is 23.8 Å². The fraction of sp³-hybridized carbons (Fsp3) is 0.867. The van der Waals surface area contributed by atoms with Crippen LogP contribution in [0.15, 0.2) is 0 Å². The highest BCUT2D eigenvalue weighted by Gasteiger charge is 2.37. The predicted molar refractivity (Wildman–Crippen MR) is 79.5 cm³/mol. The number of hydrogen-bond acceptors (Lipinski definition) is 4. The van der Waals surface area contributed by atoms with Crippen molar-refractivity contribution in [3.63, 3.8) is 0 Å². The first-order chi connectivity index (χ1) is 9.69. The number of ether oxygens (including phenoxy) is 1. The lowest BCUT2D eigenvalue weighted by atomic mass is 9.83. The molecule has 0 N–H and O–H groups in total. The zero-order chi connectivity index (χ0) is 16.2. The lowest BCUT2D eigenvalue weighted by Gasteiger charge is -2.38. The maximum absolute atomic E-state index is 12.4. The van der Waals surface area contributed by atoms with Crippen LogP contribution in [0.5, 0.6) is 0 Å². The molecule has 0 bridgehead atoms. The normalized spacial score (nSPS) is 22.9. The van der Waals surface area contributed by atoms with Crippen molar-refractivity contribution in [3.8, 4) is 0 Å².